The molecule has 0 N–H and O–H groups in total. The fourth-order valence-corrected chi connectivity index (χ4v) is 4.35. The minimum Gasteiger partial charge on any atom is -0.309 e. The Morgan fingerprint density at radius 1 is 0.531 bits per heavy atom. The van der Waals surface area contributed by atoms with Crippen molar-refractivity contribution >= 4 is 35.4 Å². The van der Waals surface area contributed by atoms with Gasteiger partial charge in [0.15, 0.2) is 7.85 Å². The lowest BCUT2D eigenvalue weighted by Crippen LogP contribution is -2.14. The molecular formula is C28H18BN3. The van der Waals surface area contributed by atoms with Crippen LogP contribution in [0.3, 0.4) is 0 Å². The van der Waals surface area contributed by atoms with Crippen molar-refractivity contribution in [3.8, 4) is 28.2 Å². The molecule has 4 aromatic carbocycles. The van der Waals surface area contributed by atoms with Gasteiger partial charge in [0.05, 0.1) is 28.1 Å². The zero-order valence-electron chi connectivity index (χ0n) is 17.3. The highest BCUT2D eigenvalue weighted by Crippen LogP contribution is 2.32. The van der Waals surface area contributed by atoms with E-state index in [1.807, 2.05) is 36.4 Å². The molecule has 2 aromatic heterocycles. The molecule has 0 aliphatic heterocycles. The molecule has 148 valence electrons. The maximum atomic E-state index is 6.04. The Labute approximate surface area is 187 Å². The predicted octanol–water partition coefficient (Wildman–Crippen LogP) is 5.70. The number of hydrogen-bond acceptors (Lipinski definition) is 2. The second-order valence-corrected chi connectivity index (χ2v) is 7.78. The Morgan fingerprint density at radius 2 is 1.03 bits per heavy atom. The van der Waals surface area contributed by atoms with E-state index < -0.39 is 0 Å². The van der Waals surface area contributed by atoms with Crippen molar-refractivity contribution in [2.45, 2.75) is 0 Å². The van der Waals surface area contributed by atoms with E-state index in [9.17, 15) is 0 Å². The van der Waals surface area contributed by atoms with Crippen LogP contribution in [0, 0.1) is 0 Å². The molecule has 3 nitrogen and oxygen atoms in total. The molecule has 0 saturated heterocycles. The number of para-hydroxylation sites is 2. The van der Waals surface area contributed by atoms with E-state index >= 15 is 0 Å². The largest absolute Gasteiger partial charge is 0.309 e. The summed E-state index contributed by atoms with van der Waals surface area (Å²) in [5.74, 6) is 0. The molecule has 0 atom stereocenters. The standard InChI is InChI=1S/C28H18BN3/c29-28-30-24(19-8-2-1-3-9-19)18-25(31-28)20-14-16-21(17-15-20)32-26-12-6-4-10-22(26)23-11-5-7-13-27(23)32/h1-18H. The van der Waals surface area contributed by atoms with Crippen LogP contribution in [0.15, 0.2) is 109 Å². The summed E-state index contributed by atoms with van der Waals surface area (Å²) in [7, 11) is 6.04. The number of benzene rings is 4. The van der Waals surface area contributed by atoms with Gasteiger partial charge in [0.1, 0.15) is 0 Å². The molecule has 0 amide bonds. The smallest absolute Gasteiger partial charge is 0.170 e. The average molecular weight is 407 g/mol. The second kappa shape index (κ2) is 7.50. The van der Waals surface area contributed by atoms with Gasteiger partial charge in [-0.25, -0.2) is 9.97 Å². The van der Waals surface area contributed by atoms with Crippen molar-refractivity contribution in [1.29, 1.82) is 0 Å². The molecule has 32 heavy (non-hydrogen) atoms. The quantitative estimate of drug-likeness (QED) is 0.352. The van der Waals surface area contributed by atoms with Gasteiger partial charge in [0.25, 0.3) is 0 Å². The van der Waals surface area contributed by atoms with Crippen LogP contribution in [0.1, 0.15) is 0 Å². The lowest BCUT2D eigenvalue weighted by molar-refractivity contribution is 1.18. The summed E-state index contributed by atoms with van der Waals surface area (Å²) in [6.45, 7) is 0. The summed E-state index contributed by atoms with van der Waals surface area (Å²) < 4.78 is 2.30. The van der Waals surface area contributed by atoms with Crippen LogP contribution >= 0.6 is 0 Å². The zero-order chi connectivity index (χ0) is 21.5. The van der Waals surface area contributed by atoms with Gasteiger partial charge >= 0.3 is 0 Å². The van der Waals surface area contributed by atoms with Gasteiger partial charge in [-0.1, -0.05) is 78.9 Å². The third-order valence-electron chi connectivity index (χ3n) is 5.81. The molecule has 0 unspecified atom stereocenters. The van der Waals surface area contributed by atoms with Gasteiger partial charge < -0.3 is 4.57 Å². The molecule has 2 radical (unpaired) electrons. The second-order valence-electron chi connectivity index (χ2n) is 7.78. The molecule has 0 bridgehead atoms. The Morgan fingerprint density at radius 3 is 1.62 bits per heavy atom. The lowest BCUT2D eigenvalue weighted by atomic mass is 10.0. The highest BCUT2D eigenvalue weighted by Gasteiger charge is 2.12. The molecule has 4 heteroatoms. The first kappa shape index (κ1) is 18.6. The van der Waals surface area contributed by atoms with Crippen LogP contribution in [0.2, 0.25) is 0 Å². The number of fused-ring (bicyclic) bond motifs is 3. The fraction of sp³-hybridized carbons (Fsp3) is 0. The number of nitrogens with zero attached hydrogens (tertiary/aromatic N) is 3. The van der Waals surface area contributed by atoms with E-state index in [0.717, 1.165) is 28.2 Å². The maximum absolute atomic E-state index is 6.04. The van der Waals surface area contributed by atoms with E-state index in [2.05, 4.69) is 87.3 Å². The molecule has 0 saturated carbocycles. The number of hydrogen-bond donors (Lipinski definition) is 0. The van der Waals surface area contributed by atoms with E-state index in [1.165, 1.54) is 21.8 Å². The SMILES string of the molecule is [B]c1nc(-c2ccccc2)cc(-c2ccc(-n3c4ccccc4c4ccccc43)cc2)n1. The summed E-state index contributed by atoms with van der Waals surface area (Å²) in [5, 5.41) is 2.51. The van der Waals surface area contributed by atoms with Gasteiger partial charge in [-0.05, 0) is 30.3 Å². The van der Waals surface area contributed by atoms with E-state index in [0.29, 0.717) is 0 Å². The molecule has 0 spiro atoms. The van der Waals surface area contributed by atoms with Gasteiger partial charge in [-0.2, -0.15) is 0 Å². The third kappa shape index (κ3) is 3.09. The van der Waals surface area contributed by atoms with Crippen molar-refractivity contribution in [2.24, 2.45) is 0 Å². The van der Waals surface area contributed by atoms with Crippen molar-refractivity contribution < 1.29 is 0 Å². The van der Waals surface area contributed by atoms with E-state index in [1.54, 1.807) is 0 Å². The Bertz CT molecular complexity index is 1510. The molecular weight excluding hydrogens is 389 g/mol. The molecule has 0 fully saturated rings. The minimum atomic E-state index is 0.271. The Balaban J connectivity index is 1.46. The molecule has 2 heterocycles. The first-order valence-electron chi connectivity index (χ1n) is 10.6. The molecule has 0 aliphatic rings. The summed E-state index contributed by atoms with van der Waals surface area (Å²) in [6, 6.07) is 37.5. The molecule has 0 aliphatic carbocycles. The van der Waals surface area contributed by atoms with Gasteiger partial charge in [-0.15, -0.1) is 0 Å². The first-order valence-corrected chi connectivity index (χ1v) is 10.6. The monoisotopic (exact) mass is 407 g/mol. The van der Waals surface area contributed by atoms with Crippen LogP contribution in [0.25, 0.3) is 50.0 Å². The lowest BCUT2D eigenvalue weighted by Gasteiger charge is -2.10. The van der Waals surface area contributed by atoms with Crippen LogP contribution in [-0.2, 0) is 0 Å². The van der Waals surface area contributed by atoms with Gasteiger partial charge in [0.2, 0.25) is 0 Å². The Hall–Kier alpha value is -4.18. The average Bonchev–Trinajstić information content (AvgIpc) is 3.19. The van der Waals surface area contributed by atoms with E-state index in [4.69, 9.17) is 7.85 Å². The summed E-state index contributed by atoms with van der Waals surface area (Å²) in [4.78, 5) is 8.90. The first-order chi connectivity index (χ1) is 15.8. The maximum Gasteiger partial charge on any atom is 0.170 e. The van der Waals surface area contributed by atoms with Crippen LogP contribution < -0.4 is 5.72 Å². The van der Waals surface area contributed by atoms with Crippen LogP contribution in [-0.4, -0.2) is 22.4 Å². The number of rotatable bonds is 3. The van der Waals surface area contributed by atoms with E-state index in [-0.39, 0.29) is 5.72 Å². The predicted molar refractivity (Wildman–Crippen MR) is 133 cm³/mol. The molecule has 6 aromatic rings. The summed E-state index contributed by atoms with van der Waals surface area (Å²) >= 11 is 0. The van der Waals surface area contributed by atoms with Crippen LogP contribution in [0.5, 0.6) is 0 Å². The van der Waals surface area contributed by atoms with Crippen LogP contribution in [0.4, 0.5) is 0 Å². The number of aromatic nitrogens is 3. The van der Waals surface area contributed by atoms with Gasteiger partial charge in [-0.3, -0.25) is 0 Å². The zero-order valence-corrected chi connectivity index (χ0v) is 17.3. The Kier molecular flexibility index (Phi) is 4.36. The van der Waals surface area contributed by atoms with Crippen molar-refractivity contribution in [2.75, 3.05) is 0 Å². The van der Waals surface area contributed by atoms with Crippen molar-refractivity contribution in [1.82, 2.24) is 14.5 Å². The normalized spacial score (nSPS) is 11.2. The highest BCUT2D eigenvalue weighted by molar-refractivity contribution is 6.29. The topological polar surface area (TPSA) is 30.7 Å². The highest BCUT2D eigenvalue weighted by atomic mass is 15.0. The van der Waals surface area contributed by atoms with Gasteiger partial charge in [0, 0.05) is 27.6 Å². The third-order valence-corrected chi connectivity index (χ3v) is 5.81. The summed E-state index contributed by atoms with van der Waals surface area (Å²) in [6.07, 6.45) is 0. The summed E-state index contributed by atoms with van der Waals surface area (Å²) in [5.41, 5.74) is 7.41. The van der Waals surface area contributed by atoms with Crippen molar-refractivity contribution in [3.63, 3.8) is 0 Å². The fourth-order valence-electron chi connectivity index (χ4n) is 4.35. The minimum absolute atomic E-state index is 0.271. The molecule has 6 rings (SSSR count). The van der Waals surface area contributed by atoms with Crippen molar-refractivity contribution in [3.05, 3.63) is 109 Å².